The van der Waals surface area contributed by atoms with Crippen molar-refractivity contribution in [3.05, 3.63) is 70.6 Å². The molecule has 2 atom stereocenters. The Kier molecular flexibility index (Phi) is 7.39. The topological polar surface area (TPSA) is 108 Å². The molecule has 0 saturated carbocycles. The van der Waals surface area contributed by atoms with Crippen LogP contribution < -0.4 is 11.0 Å². The van der Waals surface area contributed by atoms with Crippen molar-refractivity contribution in [2.45, 2.75) is 57.0 Å². The molecule has 9 heteroatoms. The number of urea groups is 1. The van der Waals surface area contributed by atoms with E-state index in [4.69, 9.17) is 0 Å². The van der Waals surface area contributed by atoms with Gasteiger partial charge in [0, 0.05) is 38.5 Å². The van der Waals surface area contributed by atoms with Crippen LogP contribution in [0.25, 0.3) is 11.0 Å². The van der Waals surface area contributed by atoms with Crippen LogP contribution >= 0.6 is 0 Å². The predicted molar refractivity (Wildman–Crippen MR) is 140 cm³/mol. The van der Waals surface area contributed by atoms with E-state index in [9.17, 15) is 19.2 Å². The van der Waals surface area contributed by atoms with E-state index in [1.54, 1.807) is 4.57 Å². The van der Waals surface area contributed by atoms with E-state index in [0.29, 0.717) is 38.9 Å². The average molecular weight is 504 g/mol. The second kappa shape index (κ2) is 11.0. The van der Waals surface area contributed by atoms with Gasteiger partial charge in [-0.3, -0.25) is 19.1 Å². The first-order valence-corrected chi connectivity index (χ1v) is 13.1. The van der Waals surface area contributed by atoms with Gasteiger partial charge in [-0.25, -0.2) is 9.59 Å². The number of carbonyl (C=O) groups excluding carboxylic acids is 3. The molecule has 0 aliphatic carbocycles. The van der Waals surface area contributed by atoms with Crippen molar-refractivity contribution in [3.63, 3.8) is 0 Å². The maximum Gasteiger partial charge on any atom is 0.326 e. The van der Waals surface area contributed by atoms with E-state index in [1.807, 2.05) is 59.5 Å². The van der Waals surface area contributed by atoms with E-state index < -0.39 is 0 Å². The van der Waals surface area contributed by atoms with Crippen LogP contribution in [0.5, 0.6) is 0 Å². The Morgan fingerprint density at radius 2 is 1.73 bits per heavy atom. The zero-order valence-electron chi connectivity index (χ0n) is 20.9. The number of carbonyl (C=O) groups is 3. The number of hydrogen-bond acceptors (Lipinski definition) is 4. The zero-order chi connectivity index (χ0) is 25.8. The van der Waals surface area contributed by atoms with E-state index in [0.717, 1.165) is 42.3 Å². The van der Waals surface area contributed by atoms with Gasteiger partial charge in [-0.15, -0.1) is 0 Å². The summed E-state index contributed by atoms with van der Waals surface area (Å²) in [7, 11) is 0. The molecule has 2 aromatic carbocycles. The second-order valence-electron chi connectivity index (χ2n) is 9.87. The fourth-order valence-corrected chi connectivity index (χ4v) is 5.58. The lowest BCUT2D eigenvalue weighted by Crippen LogP contribution is -2.48. The number of benzene rings is 2. The number of aromatic amines is 1. The molecule has 2 fully saturated rings. The van der Waals surface area contributed by atoms with Crippen molar-refractivity contribution in [2.24, 2.45) is 0 Å². The number of nitrogens with one attached hydrogen (secondary N) is 2. The van der Waals surface area contributed by atoms with Crippen molar-refractivity contribution in [2.75, 3.05) is 19.6 Å². The number of aromatic nitrogens is 2. The van der Waals surface area contributed by atoms with Gasteiger partial charge in [-0.2, -0.15) is 0 Å². The molecule has 0 bridgehead atoms. The van der Waals surface area contributed by atoms with Crippen LogP contribution in [0.1, 0.15) is 62.6 Å². The zero-order valence-corrected chi connectivity index (χ0v) is 20.9. The van der Waals surface area contributed by atoms with E-state index in [2.05, 4.69) is 10.3 Å². The van der Waals surface area contributed by atoms with Gasteiger partial charge in [0.1, 0.15) is 0 Å². The van der Waals surface area contributed by atoms with Crippen LogP contribution in [0.2, 0.25) is 0 Å². The standard InChI is InChI=1S/C28H33N5O4/c34-25-14-8-13-23(20-9-2-1-3-10-20)33(25)27(36)29-16-6-7-17-31-18-15-21(19-26(31)35)32-24-12-5-4-11-22(24)30-28(32)37/h1-5,9-12,21,23H,6-8,13-19H2,(H,29,36)(H,30,37). The highest BCUT2D eigenvalue weighted by Crippen LogP contribution is 2.31. The second-order valence-corrected chi connectivity index (χ2v) is 9.87. The molecule has 9 nitrogen and oxygen atoms in total. The monoisotopic (exact) mass is 503 g/mol. The number of piperidine rings is 2. The van der Waals surface area contributed by atoms with Gasteiger partial charge >= 0.3 is 11.7 Å². The maximum absolute atomic E-state index is 12.9. The molecule has 5 rings (SSSR count). The Bertz CT molecular complexity index is 1330. The lowest BCUT2D eigenvalue weighted by atomic mass is 9.95. The summed E-state index contributed by atoms with van der Waals surface area (Å²) in [6.07, 6.45) is 4.42. The van der Waals surface area contributed by atoms with Crippen LogP contribution in [0.4, 0.5) is 4.79 Å². The van der Waals surface area contributed by atoms with Crippen molar-refractivity contribution < 1.29 is 14.4 Å². The number of imidazole rings is 1. The molecule has 3 aromatic rings. The summed E-state index contributed by atoms with van der Waals surface area (Å²) in [5.41, 5.74) is 2.41. The van der Waals surface area contributed by atoms with Crippen molar-refractivity contribution in [1.29, 1.82) is 0 Å². The molecule has 194 valence electrons. The molecular weight excluding hydrogens is 470 g/mol. The fraction of sp³-hybridized carbons (Fsp3) is 0.429. The van der Waals surface area contributed by atoms with Gasteiger partial charge < -0.3 is 15.2 Å². The highest BCUT2D eigenvalue weighted by Gasteiger charge is 2.34. The number of fused-ring (bicyclic) bond motifs is 1. The smallest absolute Gasteiger partial charge is 0.326 e. The van der Waals surface area contributed by atoms with E-state index in [-0.39, 0.29) is 35.6 Å². The molecule has 2 unspecified atom stereocenters. The van der Waals surface area contributed by atoms with Crippen molar-refractivity contribution >= 4 is 28.9 Å². The number of H-pyrrole nitrogens is 1. The van der Waals surface area contributed by atoms with Crippen molar-refractivity contribution in [3.8, 4) is 0 Å². The highest BCUT2D eigenvalue weighted by molar-refractivity contribution is 5.95. The van der Waals surface area contributed by atoms with Crippen LogP contribution in [-0.4, -0.2) is 56.8 Å². The number of hydrogen-bond donors (Lipinski definition) is 2. The summed E-state index contributed by atoms with van der Waals surface area (Å²) >= 11 is 0. The number of para-hydroxylation sites is 2. The van der Waals surface area contributed by atoms with Crippen LogP contribution in [0.15, 0.2) is 59.4 Å². The molecule has 2 aliphatic heterocycles. The number of rotatable bonds is 7. The summed E-state index contributed by atoms with van der Waals surface area (Å²) in [5.74, 6) is -0.0949. The van der Waals surface area contributed by atoms with Crippen LogP contribution in [0.3, 0.4) is 0 Å². The molecule has 2 N–H and O–H groups in total. The average Bonchev–Trinajstić information content (AvgIpc) is 3.25. The molecule has 2 aliphatic rings. The van der Waals surface area contributed by atoms with Gasteiger partial charge in [0.25, 0.3) is 0 Å². The fourth-order valence-electron chi connectivity index (χ4n) is 5.58. The minimum atomic E-state index is -0.348. The molecule has 0 radical (unpaired) electrons. The number of unbranched alkanes of at least 4 members (excludes halogenated alkanes) is 1. The molecule has 1 aromatic heterocycles. The summed E-state index contributed by atoms with van der Waals surface area (Å²) in [5, 5.41) is 2.90. The minimum Gasteiger partial charge on any atom is -0.343 e. The summed E-state index contributed by atoms with van der Waals surface area (Å²) in [6, 6.07) is 16.5. The highest BCUT2D eigenvalue weighted by atomic mass is 16.2. The largest absolute Gasteiger partial charge is 0.343 e. The predicted octanol–water partition coefficient (Wildman–Crippen LogP) is 3.74. The van der Waals surface area contributed by atoms with Gasteiger partial charge in [0.05, 0.1) is 17.1 Å². The summed E-state index contributed by atoms with van der Waals surface area (Å²) in [4.78, 5) is 56.8. The lowest BCUT2D eigenvalue weighted by Gasteiger charge is -2.34. The lowest BCUT2D eigenvalue weighted by molar-refractivity contribution is -0.135. The molecule has 2 saturated heterocycles. The Morgan fingerprint density at radius 1 is 0.946 bits per heavy atom. The third kappa shape index (κ3) is 5.30. The van der Waals surface area contributed by atoms with Gasteiger partial charge in [-0.05, 0) is 49.8 Å². The molecule has 4 amide bonds. The molecule has 3 heterocycles. The Balaban J connectivity index is 1.09. The SMILES string of the molecule is O=C1CC(n2c(=O)[nH]c3ccccc32)CCN1CCCCNC(=O)N1C(=O)CCCC1c1ccccc1. The molecule has 0 spiro atoms. The van der Waals surface area contributed by atoms with Crippen LogP contribution in [0, 0.1) is 0 Å². The maximum atomic E-state index is 12.9. The van der Waals surface area contributed by atoms with Crippen molar-refractivity contribution in [1.82, 2.24) is 24.7 Å². The molecular formula is C28H33N5O4. The van der Waals surface area contributed by atoms with Gasteiger partial charge in [0.2, 0.25) is 11.8 Å². The quantitative estimate of drug-likeness (QED) is 0.479. The van der Waals surface area contributed by atoms with E-state index >= 15 is 0 Å². The summed E-state index contributed by atoms with van der Waals surface area (Å²) < 4.78 is 1.71. The number of likely N-dealkylation sites (tertiary alicyclic amines) is 2. The van der Waals surface area contributed by atoms with Gasteiger partial charge in [-0.1, -0.05) is 42.5 Å². The number of imide groups is 1. The Labute approximate surface area is 215 Å². The molecule has 37 heavy (non-hydrogen) atoms. The van der Waals surface area contributed by atoms with Crippen LogP contribution in [-0.2, 0) is 9.59 Å². The van der Waals surface area contributed by atoms with E-state index in [1.165, 1.54) is 4.90 Å². The first kappa shape index (κ1) is 24.8. The third-order valence-corrected chi connectivity index (χ3v) is 7.47. The normalized spacial score (nSPS) is 20.4. The first-order valence-electron chi connectivity index (χ1n) is 13.1. The minimum absolute atomic E-state index is 0.0436. The third-order valence-electron chi connectivity index (χ3n) is 7.47. The van der Waals surface area contributed by atoms with Gasteiger partial charge in [0.15, 0.2) is 0 Å². The summed E-state index contributed by atoms with van der Waals surface area (Å²) in [6.45, 7) is 1.65. The Hall–Kier alpha value is -3.88. The number of nitrogens with zero attached hydrogens (tertiary/aromatic N) is 3. The first-order chi connectivity index (χ1) is 18.0. The Morgan fingerprint density at radius 3 is 2.54 bits per heavy atom. The number of amides is 4.